The second kappa shape index (κ2) is 6.31. The molecule has 0 radical (unpaired) electrons. The first-order chi connectivity index (χ1) is 10.0. The molecule has 0 aliphatic carbocycles. The number of hydrogen-bond donors (Lipinski definition) is 0. The zero-order chi connectivity index (χ0) is 15.4. The first-order valence-corrected chi connectivity index (χ1v) is 6.79. The van der Waals surface area contributed by atoms with Crippen LogP contribution in [0.2, 0.25) is 0 Å². The third-order valence-electron chi connectivity index (χ3n) is 2.79. The van der Waals surface area contributed by atoms with Crippen LogP contribution in [0.3, 0.4) is 0 Å². The molecule has 1 aromatic carbocycles. The van der Waals surface area contributed by atoms with Gasteiger partial charge in [0.15, 0.2) is 0 Å². The summed E-state index contributed by atoms with van der Waals surface area (Å²) in [6, 6.07) is 3.77. The molecule has 0 atom stereocenters. The molecule has 0 aliphatic rings. The van der Waals surface area contributed by atoms with Gasteiger partial charge in [-0.25, -0.2) is 9.78 Å². The quantitative estimate of drug-likeness (QED) is 0.479. The molecule has 8 heteroatoms. The van der Waals surface area contributed by atoms with Gasteiger partial charge in [0.25, 0.3) is 5.69 Å². The number of carbonyl (C=O) groups excluding carboxylic acids is 1. The fourth-order valence-corrected chi connectivity index (χ4v) is 2.33. The van der Waals surface area contributed by atoms with E-state index >= 15 is 0 Å². The molecule has 0 saturated carbocycles. The topological polar surface area (TPSA) is 91.6 Å². The Kier molecular flexibility index (Phi) is 4.49. The van der Waals surface area contributed by atoms with E-state index in [1.54, 1.807) is 5.51 Å². The van der Waals surface area contributed by atoms with E-state index in [1.165, 1.54) is 30.6 Å². The number of esters is 1. The van der Waals surface area contributed by atoms with Gasteiger partial charge in [0.2, 0.25) is 0 Å². The molecule has 0 aliphatic heterocycles. The minimum Gasteiger partial charge on any atom is -0.496 e. The monoisotopic (exact) mass is 308 g/mol. The van der Waals surface area contributed by atoms with Crippen molar-refractivity contribution >= 4 is 23.0 Å². The average Bonchev–Trinajstić information content (AvgIpc) is 2.89. The van der Waals surface area contributed by atoms with Crippen LogP contribution in [0.5, 0.6) is 5.75 Å². The van der Waals surface area contributed by atoms with Gasteiger partial charge in [-0.15, -0.1) is 11.3 Å². The van der Waals surface area contributed by atoms with Crippen molar-refractivity contribution in [2.45, 2.75) is 13.5 Å². The number of carbonyl (C=O) groups is 1. The van der Waals surface area contributed by atoms with Gasteiger partial charge in [-0.2, -0.15) is 0 Å². The number of thiazole rings is 1. The lowest BCUT2D eigenvalue weighted by Crippen LogP contribution is -2.08. The van der Waals surface area contributed by atoms with E-state index in [-0.39, 0.29) is 23.6 Å². The number of ether oxygens (including phenoxy) is 2. The van der Waals surface area contributed by atoms with E-state index in [0.717, 1.165) is 16.6 Å². The first-order valence-electron chi connectivity index (χ1n) is 5.91. The highest BCUT2D eigenvalue weighted by atomic mass is 32.1. The van der Waals surface area contributed by atoms with E-state index in [4.69, 9.17) is 9.47 Å². The Balaban J connectivity index is 2.19. The Hall–Kier alpha value is -2.48. The second-order valence-electron chi connectivity index (χ2n) is 4.08. The molecule has 1 aromatic heterocycles. The highest BCUT2D eigenvalue weighted by Crippen LogP contribution is 2.25. The summed E-state index contributed by atoms with van der Waals surface area (Å²) in [4.78, 5) is 27.1. The van der Waals surface area contributed by atoms with Crippen LogP contribution >= 0.6 is 11.3 Å². The Morgan fingerprint density at radius 1 is 1.48 bits per heavy atom. The van der Waals surface area contributed by atoms with E-state index in [2.05, 4.69) is 4.98 Å². The summed E-state index contributed by atoms with van der Waals surface area (Å²) in [6.07, 6.45) is 0. The molecule has 0 bridgehead atoms. The van der Waals surface area contributed by atoms with Gasteiger partial charge in [-0.1, -0.05) is 0 Å². The third-order valence-corrected chi connectivity index (χ3v) is 3.70. The zero-order valence-corrected chi connectivity index (χ0v) is 12.2. The molecule has 0 fully saturated rings. The summed E-state index contributed by atoms with van der Waals surface area (Å²) in [5.41, 5.74) is 2.27. The van der Waals surface area contributed by atoms with Crippen molar-refractivity contribution in [2.24, 2.45) is 0 Å². The fourth-order valence-electron chi connectivity index (χ4n) is 1.64. The SMILES string of the molecule is COc1ccc([N+](=O)[O-])cc1C(=O)OCc1scnc1C. The number of nitrogens with zero attached hydrogens (tertiary/aromatic N) is 2. The molecule has 7 nitrogen and oxygen atoms in total. The lowest BCUT2D eigenvalue weighted by Gasteiger charge is -2.08. The summed E-state index contributed by atoms with van der Waals surface area (Å²) in [5.74, 6) is -0.449. The molecule has 0 unspecified atom stereocenters. The van der Waals surface area contributed by atoms with E-state index in [0.29, 0.717) is 0 Å². The largest absolute Gasteiger partial charge is 0.496 e. The Labute approximate surface area is 124 Å². The first kappa shape index (κ1) is 14.9. The lowest BCUT2D eigenvalue weighted by molar-refractivity contribution is -0.384. The van der Waals surface area contributed by atoms with Gasteiger partial charge in [-0.3, -0.25) is 10.1 Å². The molecule has 21 heavy (non-hydrogen) atoms. The number of nitro groups is 1. The van der Waals surface area contributed by atoms with Gasteiger partial charge in [0, 0.05) is 12.1 Å². The number of rotatable bonds is 5. The number of hydrogen-bond acceptors (Lipinski definition) is 7. The number of methoxy groups -OCH3 is 1. The maximum absolute atomic E-state index is 12.1. The van der Waals surface area contributed by atoms with E-state index < -0.39 is 10.9 Å². The predicted octanol–water partition coefficient (Wildman–Crippen LogP) is 2.73. The van der Waals surface area contributed by atoms with Crippen molar-refractivity contribution in [1.29, 1.82) is 0 Å². The van der Waals surface area contributed by atoms with E-state index in [1.807, 2.05) is 6.92 Å². The summed E-state index contributed by atoms with van der Waals surface area (Å²) in [5, 5.41) is 10.8. The van der Waals surface area contributed by atoms with Gasteiger partial charge in [0.1, 0.15) is 17.9 Å². The van der Waals surface area contributed by atoms with Crippen LogP contribution in [0.4, 0.5) is 5.69 Å². The van der Waals surface area contributed by atoms with Crippen LogP contribution in [-0.4, -0.2) is 23.0 Å². The Morgan fingerprint density at radius 3 is 2.81 bits per heavy atom. The smallest absolute Gasteiger partial charge is 0.342 e. The van der Waals surface area contributed by atoms with Crippen molar-refractivity contribution in [3.63, 3.8) is 0 Å². The Morgan fingerprint density at radius 2 is 2.24 bits per heavy atom. The maximum Gasteiger partial charge on any atom is 0.342 e. The molecule has 1 heterocycles. The molecule has 0 spiro atoms. The Bertz CT molecular complexity index is 683. The molecule has 0 saturated heterocycles. The highest BCUT2D eigenvalue weighted by Gasteiger charge is 2.19. The molecule has 2 aromatic rings. The van der Waals surface area contributed by atoms with Crippen molar-refractivity contribution in [1.82, 2.24) is 4.98 Å². The van der Waals surface area contributed by atoms with Crippen LogP contribution in [0.15, 0.2) is 23.7 Å². The van der Waals surface area contributed by atoms with Gasteiger partial charge in [-0.05, 0) is 13.0 Å². The standard InChI is InChI=1S/C13H12N2O5S/c1-8-12(21-7-14-8)6-20-13(16)10-5-9(15(17)18)3-4-11(10)19-2/h3-5,7H,6H2,1-2H3. The van der Waals surface area contributed by atoms with Gasteiger partial charge < -0.3 is 9.47 Å². The fraction of sp³-hybridized carbons (Fsp3) is 0.231. The number of non-ortho nitro benzene ring substituents is 1. The van der Waals surface area contributed by atoms with Crippen LogP contribution in [0, 0.1) is 17.0 Å². The molecular formula is C13H12N2O5S. The average molecular weight is 308 g/mol. The minimum absolute atomic E-state index is 0.0221. The summed E-state index contributed by atoms with van der Waals surface area (Å²) in [7, 11) is 1.38. The molecular weight excluding hydrogens is 296 g/mol. The van der Waals surface area contributed by atoms with Crippen LogP contribution < -0.4 is 4.74 Å². The number of aryl methyl sites for hydroxylation is 1. The molecule has 0 amide bonds. The normalized spacial score (nSPS) is 10.2. The molecule has 2 rings (SSSR count). The lowest BCUT2D eigenvalue weighted by atomic mass is 10.2. The van der Waals surface area contributed by atoms with Crippen molar-refractivity contribution < 1.29 is 19.2 Å². The second-order valence-corrected chi connectivity index (χ2v) is 5.02. The van der Waals surface area contributed by atoms with Gasteiger partial charge in [0.05, 0.1) is 28.1 Å². The zero-order valence-electron chi connectivity index (χ0n) is 11.4. The third kappa shape index (κ3) is 3.34. The summed E-state index contributed by atoms with van der Waals surface area (Å²) >= 11 is 1.38. The van der Waals surface area contributed by atoms with Crippen molar-refractivity contribution in [3.8, 4) is 5.75 Å². The highest BCUT2D eigenvalue weighted by molar-refractivity contribution is 7.09. The summed E-state index contributed by atoms with van der Waals surface area (Å²) < 4.78 is 10.2. The molecule has 110 valence electrons. The predicted molar refractivity (Wildman–Crippen MR) is 75.6 cm³/mol. The van der Waals surface area contributed by atoms with Gasteiger partial charge >= 0.3 is 5.97 Å². The summed E-state index contributed by atoms with van der Waals surface area (Å²) in [6.45, 7) is 1.88. The molecule has 0 N–H and O–H groups in total. The number of benzene rings is 1. The number of aromatic nitrogens is 1. The number of nitro benzene ring substituents is 1. The minimum atomic E-state index is -0.677. The van der Waals surface area contributed by atoms with Crippen LogP contribution in [0.1, 0.15) is 20.9 Å². The van der Waals surface area contributed by atoms with Crippen molar-refractivity contribution in [3.05, 3.63) is 50.0 Å². The van der Waals surface area contributed by atoms with E-state index in [9.17, 15) is 14.9 Å². The van der Waals surface area contributed by atoms with Crippen molar-refractivity contribution in [2.75, 3.05) is 7.11 Å². The van der Waals surface area contributed by atoms with Crippen LogP contribution in [-0.2, 0) is 11.3 Å². The maximum atomic E-state index is 12.1. The van der Waals surface area contributed by atoms with Crippen LogP contribution in [0.25, 0.3) is 0 Å².